The van der Waals surface area contributed by atoms with Crippen LogP contribution in [-0.4, -0.2) is 64.2 Å². The summed E-state index contributed by atoms with van der Waals surface area (Å²) in [6.45, 7) is 1.90. The number of aromatic hydroxyl groups is 1. The fraction of sp³-hybridized carbons (Fsp3) is 0.556. The van der Waals surface area contributed by atoms with Crippen molar-refractivity contribution in [2.75, 3.05) is 26.3 Å². The molecule has 6 atom stereocenters. The highest BCUT2D eigenvalue weighted by Gasteiger charge is 2.76. The Bertz CT molecular complexity index is 1130. The maximum absolute atomic E-state index is 13.5. The minimum Gasteiger partial charge on any atom is -0.508 e. The number of halogens is 1. The average molecular weight is 448 g/mol. The SMILES string of the molecule is O=C(c1ccccn1)N1C[C@H]2C[C@@]34CCC1C2[C@@]31CCN(CCF)[C@@H]4Cc2ccc(O)cc21. The number of aromatic nitrogens is 1. The van der Waals surface area contributed by atoms with Crippen molar-refractivity contribution in [2.45, 2.75) is 49.6 Å². The van der Waals surface area contributed by atoms with Crippen LogP contribution in [0.1, 0.15) is 47.3 Å². The van der Waals surface area contributed by atoms with E-state index in [0.29, 0.717) is 35.9 Å². The number of fused-ring (bicyclic) bond motifs is 1. The molecule has 2 aliphatic heterocycles. The molecule has 4 bridgehead atoms. The van der Waals surface area contributed by atoms with Crippen molar-refractivity contribution in [1.29, 1.82) is 0 Å². The number of hydrogen-bond acceptors (Lipinski definition) is 4. The molecule has 6 heteroatoms. The van der Waals surface area contributed by atoms with Gasteiger partial charge in [-0.1, -0.05) is 12.1 Å². The number of piperidine rings is 1. The van der Waals surface area contributed by atoms with Gasteiger partial charge in [0.2, 0.25) is 0 Å². The van der Waals surface area contributed by atoms with Crippen molar-refractivity contribution in [3.63, 3.8) is 0 Å². The molecule has 4 fully saturated rings. The Morgan fingerprint density at radius 1 is 1.24 bits per heavy atom. The monoisotopic (exact) mass is 447 g/mol. The molecule has 3 aliphatic carbocycles. The van der Waals surface area contributed by atoms with E-state index >= 15 is 0 Å². The standard InChI is InChI=1S/C27H30FN3O2/c28-9-12-30-11-8-27-20-14-19(32)5-4-17(20)13-23(30)26(27)7-6-22-24(27)18(15-26)16-31(22)25(33)21-3-1-2-10-29-21/h1-5,10,14,18,22-24,32H,6-9,11-13,15-16H2/t18-,22?,23-,24?,26-,27+/m1/s1. The lowest BCUT2D eigenvalue weighted by Crippen LogP contribution is -2.69. The second kappa shape index (κ2) is 6.78. The zero-order chi connectivity index (χ0) is 22.4. The van der Waals surface area contributed by atoms with Crippen molar-refractivity contribution in [2.24, 2.45) is 17.3 Å². The van der Waals surface area contributed by atoms with Crippen molar-refractivity contribution < 1.29 is 14.3 Å². The molecule has 0 radical (unpaired) electrons. The van der Waals surface area contributed by atoms with E-state index in [1.54, 1.807) is 12.3 Å². The van der Waals surface area contributed by atoms with Crippen LogP contribution < -0.4 is 0 Å². The van der Waals surface area contributed by atoms with Crippen molar-refractivity contribution >= 4 is 5.91 Å². The fourth-order valence-electron chi connectivity index (χ4n) is 9.34. The number of phenolic OH excluding ortho intramolecular Hbond substituents is 1. The summed E-state index contributed by atoms with van der Waals surface area (Å²) in [6, 6.07) is 12.0. The lowest BCUT2D eigenvalue weighted by molar-refractivity contribution is -0.102. The molecule has 2 saturated heterocycles. The third-order valence-electron chi connectivity index (χ3n) is 10.1. The van der Waals surface area contributed by atoms with Crippen LogP contribution in [0.15, 0.2) is 42.6 Å². The minimum absolute atomic E-state index is 0.0382. The normalized spacial score (nSPS) is 38.2. The number of nitrogens with zero attached hydrogens (tertiary/aromatic N) is 3. The van der Waals surface area contributed by atoms with Gasteiger partial charge in [-0.05, 0) is 91.3 Å². The summed E-state index contributed by atoms with van der Waals surface area (Å²) in [6.07, 6.45) is 6.80. The second-order valence-electron chi connectivity index (χ2n) is 10.9. The molecule has 7 rings (SSSR count). The van der Waals surface area contributed by atoms with E-state index < -0.39 is 0 Å². The van der Waals surface area contributed by atoms with Crippen molar-refractivity contribution in [3.05, 3.63) is 59.4 Å². The predicted octanol–water partition coefficient (Wildman–Crippen LogP) is 3.57. The first kappa shape index (κ1) is 20.0. The Labute approximate surface area is 193 Å². The highest BCUT2D eigenvalue weighted by atomic mass is 19.1. The second-order valence-corrected chi connectivity index (χ2v) is 10.9. The Morgan fingerprint density at radius 3 is 2.97 bits per heavy atom. The molecule has 3 heterocycles. The number of likely N-dealkylation sites (tertiary alicyclic amines) is 2. The van der Waals surface area contributed by atoms with Gasteiger partial charge in [0.15, 0.2) is 0 Å². The van der Waals surface area contributed by atoms with Gasteiger partial charge >= 0.3 is 0 Å². The summed E-state index contributed by atoms with van der Waals surface area (Å²) < 4.78 is 13.5. The number of rotatable bonds is 3. The van der Waals surface area contributed by atoms with Gasteiger partial charge in [0.1, 0.15) is 18.1 Å². The van der Waals surface area contributed by atoms with E-state index in [0.717, 1.165) is 45.2 Å². The van der Waals surface area contributed by atoms with Crippen LogP contribution in [0.3, 0.4) is 0 Å². The number of carbonyl (C=O) groups excluding carboxylic acids is 1. The molecule has 5 aliphatic rings. The van der Waals surface area contributed by atoms with Gasteiger partial charge < -0.3 is 10.0 Å². The largest absolute Gasteiger partial charge is 0.508 e. The van der Waals surface area contributed by atoms with Crippen LogP contribution >= 0.6 is 0 Å². The smallest absolute Gasteiger partial charge is 0.272 e. The predicted molar refractivity (Wildman–Crippen MR) is 122 cm³/mol. The Balaban J connectivity index is 1.36. The van der Waals surface area contributed by atoms with Crippen LogP contribution in [0.25, 0.3) is 0 Å². The molecule has 5 nitrogen and oxygen atoms in total. The molecular formula is C27H30FN3O2. The van der Waals surface area contributed by atoms with Gasteiger partial charge in [0.25, 0.3) is 5.91 Å². The Hall–Kier alpha value is -2.47. The van der Waals surface area contributed by atoms with Crippen LogP contribution in [0.5, 0.6) is 5.75 Å². The third-order valence-corrected chi connectivity index (χ3v) is 10.1. The van der Waals surface area contributed by atoms with E-state index in [2.05, 4.69) is 20.9 Å². The third kappa shape index (κ3) is 2.35. The molecule has 33 heavy (non-hydrogen) atoms. The zero-order valence-corrected chi connectivity index (χ0v) is 18.8. The molecule has 2 unspecified atom stereocenters. The maximum atomic E-state index is 13.5. The minimum atomic E-state index is -0.302. The molecule has 2 saturated carbocycles. The highest BCUT2D eigenvalue weighted by molar-refractivity contribution is 5.92. The number of phenols is 1. The molecular weight excluding hydrogens is 417 g/mol. The first-order valence-corrected chi connectivity index (χ1v) is 12.4. The fourth-order valence-corrected chi connectivity index (χ4v) is 9.34. The quantitative estimate of drug-likeness (QED) is 0.782. The van der Waals surface area contributed by atoms with E-state index in [4.69, 9.17) is 0 Å². The Morgan fingerprint density at radius 2 is 2.15 bits per heavy atom. The first-order chi connectivity index (χ1) is 16.1. The summed E-state index contributed by atoms with van der Waals surface area (Å²) >= 11 is 0. The van der Waals surface area contributed by atoms with Crippen LogP contribution in [0.2, 0.25) is 0 Å². The van der Waals surface area contributed by atoms with Crippen LogP contribution in [0.4, 0.5) is 4.39 Å². The van der Waals surface area contributed by atoms with Gasteiger partial charge in [-0.2, -0.15) is 0 Å². The van der Waals surface area contributed by atoms with Crippen molar-refractivity contribution in [3.8, 4) is 5.75 Å². The molecule has 1 aromatic heterocycles. The van der Waals surface area contributed by atoms with E-state index in [9.17, 15) is 14.3 Å². The van der Waals surface area contributed by atoms with E-state index in [1.165, 1.54) is 11.1 Å². The van der Waals surface area contributed by atoms with E-state index in [1.807, 2.05) is 24.3 Å². The molecule has 0 spiro atoms. The average Bonchev–Trinajstić information content (AvgIpc) is 3.28. The van der Waals surface area contributed by atoms with Gasteiger partial charge in [0.05, 0.1) is 0 Å². The topological polar surface area (TPSA) is 56.7 Å². The lowest BCUT2D eigenvalue weighted by atomic mass is 9.43. The summed E-state index contributed by atoms with van der Waals surface area (Å²) in [5.74, 6) is 1.24. The summed E-state index contributed by atoms with van der Waals surface area (Å²) in [5.41, 5.74) is 3.25. The number of pyridine rings is 1. The van der Waals surface area contributed by atoms with Gasteiger partial charge in [-0.15, -0.1) is 0 Å². The van der Waals surface area contributed by atoms with Crippen LogP contribution in [0, 0.1) is 17.3 Å². The number of alkyl halides is 1. The molecule has 172 valence electrons. The molecule has 2 aromatic rings. The lowest BCUT2D eigenvalue weighted by Gasteiger charge is -2.66. The number of carbonyl (C=O) groups is 1. The molecule has 1 aromatic carbocycles. The number of hydrogen-bond donors (Lipinski definition) is 1. The zero-order valence-electron chi connectivity index (χ0n) is 18.8. The number of benzene rings is 1. The summed E-state index contributed by atoms with van der Waals surface area (Å²) in [7, 11) is 0. The summed E-state index contributed by atoms with van der Waals surface area (Å²) in [4.78, 5) is 22.4. The van der Waals surface area contributed by atoms with E-state index in [-0.39, 0.29) is 29.5 Å². The van der Waals surface area contributed by atoms with Crippen molar-refractivity contribution in [1.82, 2.24) is 14.8 Å². The highest BCUT2D eigenvalue weighted by Crippen LogP contribution is 2.75. The maximum Gasteiger partial charge on any atom is 0.272 e. The molecule has 1 N–H and O–H groups in total. The first-order valence-electron chi connectivity index (χ1n) is 12.4. The van der Waals surface area contributed by atoms with Gasteiger partial charge in [-0.3, -0.25) is 14.7 Å². The molecule has 1 amide bonds. The van der Waals surface area contributed by atoms with Gasteiger partial charge in [0, 0.05) is 36.8 Å². The summed E-state index contributed by atoms with van der Waals surface area (Å²) in [5, 5.41) is 10.5. The van der Waals surface area contributed by atoms with Crippen LogP contribution in [-0.2, 0) is 11.8 Å². The van der Waals surface area contributed by atoms with Gasteiger partial charge in [-0.25, -0.2) is 4.39 Å². The Kier molecular flexibility index (Phi) is 4.10. The number of amides is 1.